The largest absolute Gasteiger partial charge is 0.327 e. The van der Waals surface area contributed by atoms with Gasteiger partial charge in [0, 0.05) is 19.0 Å². The van der Waals surface area contributed by atoms with Crippen molar-refractivity contribution in [3.05, 3.63) is 65.2 Å². The van der Waals surface area contributed by atoms with E-state index in [-0.39, 0.29) is 18.3 Å². The number of urea groups is 1. The Hall–Kier alpha value is -3.22. The van der Waals surface area contributed by atoms with Crippen LogP contribution in [0.4, 0.5) is 9.18 Å². The lowest BCUT2D eigenvalue weighted by atomic mass is 9.78. The molecule has 2 aromatic carbocycles. The summed E-state index contributed by atoms with van der Waals surface area (Å²) in [6, 6.07) is 12.1. The highest BCUT2D eigenvalue weighted by molar-refractivity contribution is 6.07. The molecule has 2 aliphatic rings. The summed E-state index contributed by atoms with van der Waals surface area (Å²) in [4.78, 5) is 31.8. The van der Waals surface area contributed by atoms with Crippen molar-refractivity contribution in [3.8, 4) is 0 Å². The Kier molecular flexibility index (Phi) is 3.94. The molecule has 1 atom stereocenters. The van der Waals surface area contributed by atoms with Gasteiger partial charge in [-0.3, -0.25) is 9.69 Å². The smallest absolute Gasteiger partial charge is 0.325 e. The zero-order valence-corrected chi connectivity index (χ0v) is 16.1. The Morgan fingerprint density at radius 3 is 2.76 bits per heavy atom. The van der Waals surface area contributed by atoms with Crippen LogP contribution in [0.5, 0.6) is 0 Å². The fourth-order valence-corrected chi connectivity index (χ4v) is 4.61. The maximum absolute atomic E-state index is 13.6. The molecule has 3 amide bonds. The topological polar surface area (TPSA) is 67.2 Å². The van der Waals surface area contributed by atoms with E-state index in [9.17, 15) is 14.0 Å². The van der Waals surface area contributed by atoms with Gasteiger partial charge in [0.1, 0.15) is 17.2 Å². The average molecular weight is 392 g/mol. The van der Waals surface area contributed by atoms with Gasteiger partial charge in [0.05, 0.1) is 17.6 Å². The Balaban J connectivity index is 1.47. The monoisotopic (exact) mass is 392 g/mol. The van der Waals surface area contributed by atoms with Gasteiger partial charge in [-0.2, -0.15) is 0 Å². The number of amides is 3. The van der Waals surface area contributed by atoms with E-state index in [0.29, 0.717) is 30.7 Å². The minimum atomic E-state index is -0.888. The second-order valence-electron chi connectivity index (χ2n) is 7.75. The van der Waals surface area contributed by atoms with Crippen molar-refractivity contribution in [2.45, 2.75) is 44.8 Å². The average Bonchev–Trinajstić information content (AvgIpc) is 3.17. The fourth-order valence-electron chi connectivity index (χ4n) is 4.61. The van der Waals surface area contributed by atoms with E-state index < -0.39 is 11.6 Å². The van der Waals surface area contributed by atoms with Crippen LogP contribution < -0.4 is 5.32 Å². The first-order valence-corrected chi connectivity index (χ1v) is 9.86. The molecule has 1 aromatic heterocycles. The van der Waals surface area contributed by atoms with Crippen LogP contribution in [0, 0.1) is 5.82 Å². The molecule has 1 N–H and O–H groups in total. The molecule has 3 aromatic rings. The van der Waals surface area contributed by atoms with Crippen molar-refractivity contribution < 1.29 is 14.0 Å². The van der Waals surface area contributed by atoms with Crippen LogP contribution in [0.3, 0.4) is 0 Å². The third-order valence-electron chi connectivity index (χ3n) is 6.08. The predicted molar refractivity (Wildman–Crippen MR) is 106 cm³/mol. The fraction of sp³-hybridized carbons (Fsp3) is 0.318. The summed E-state index contributed by atoms with van der Waals surface area (Å²) in [6.07, 6.45) is 1.84. The summed E-state index contributed by atoms with van der Waals surface area (Å²) >= 11 is 0. The number of imide groups is 1. The molecule has 148 valence electrons. The highest BCUT2D eigenvalue weighted by atomic mass is 19.1. The molecule has 5 rings (SSSR count). The van der Waals surface area contributed by atoms with Crippen molar-refractivity contribution in [1.82, 2.24) is 19.8 Å². The first-order chi connectivity index (χ1) is 14.0. The number of carbonyl (C=O) groups excluding carboxylic acids is 2. The molecule has 0 bridgehead atoms. The molecule has 2 heterocycles. The second-order valence-corrected chi connectivity index (χ2v) is 7.75. The maximum Gasteiger partial charge on any atom is 0.325 e. The maximum atomic E-state index is 13.6. The van der Waals surface area contributed by atoms with Gasteiger partial charge < -0.3 is 9.88 Å². The van der Waals surface area contributed by atoms with Gasteiger partial charge in [-0.1, -0.05) is 24.3 Å². The third kappa shape index (κ3) is 2.72. The summed E-state index contributed by atoms with van der Waals surface area (Å²) in [5.41, 5.74) is 2.76. The van der Waals surface area contributed by atoms with E-state index in [1.54, 1.807) is 6.07 Å². The standard InChI is InChI=1S/C22H21FN4O2/c1-2-26-18-8-7-16(23)11-17(18)24-19(26)13-27-20(28)22(25-21(27)29)10-9-14-5-3-4-6-15(14)12-22/h3-8,11H,2,9-10,12-13H2,1H3,(H,25,29). The van der Waals surface area contributed by atoms with E-state index in [4.69, 9.17) is 0 Å². The SMILES string of the molecule is CCn1c(CN2C(=O)NC3(CCc4ccccc4C3)C2=O)nc2cc(F)ccc21. The molecule has 1 aliphatic carbocycles. The van der Waals surface area contributed by atoms with Crippen molar-refractivity contribution in [3.63, 3.8) is 0 Å². The number of nitrogens with one attached hydrogen (secondary N) is 1. The quantitative estimate of drug-likeness (QED) is 0.696. The van der Waals surface area contributed by atoms with Gasteiger partial charge in [-0.25, -0.2) is 14.2 Å². The highest BCUT2D eigenvalue weighted by Gasteiger charge is 2.52. The molecule has 7 heteroatoms. The summed E-state index contributed by atoms with van der Waals surface area (Å²) in [5.74, 6) is 0.00220. The first-order valence-electron chi connectivity index (χ1n) is 9.86. The van der Waals surface area contributed by atoms with Crippen molar-refractivity contribution in [2.75, 3.05) is 0 Å². The van der Waals surface area contributed by atoms with Crippen molar-refractivity contribution >= 4 is 23.0 Å². The van der Waals surface area contributed by atoms with Crippen LogP contribution in [0.1, 0.15) is 30.3 Å². The third-order valence-corrected chi connectivity index (χ3v) is 6.08. The number of imidazole rings is 1. The predicted octanol–water partition coefficient (Wildman–Crippen LogP) is 3.17. The van der Waals surface area contributed by atoms with E-state index in [1.165, 1.54) is 22.6 Å². The van der Waals surface area contributed by atoms with Gasteiger partial charge in [0.2, 0.25) is 0 Å². The number of nitrogens with zero attached hydrogens (tertiary/aromatic N) is 3. The lowest BCUT2D eigenvalue weighted by Gasteiger charge is -2.32. The van der Waals surface area contributed by atoms with E-state index in [1.807, 2.05) is 29.7 Å². The highest BCUT2D eigenvalue weighted by Crippen LogP contribution is 2.34. The van der Waals surface area contributed by atoms with E-state index in [2.05, 4.69) is 16.4 Å². The lowest BCUT2D eigenvalue weighted by Crippen LogP contribution is -2.51. The van der Waals surface area contributed by atoms with Gasteiger partial charge in [-0.15, -0.1) is 0 Å². The van der Waals surface area contributed by atoms with Crippen LogP contribution in [-0.2, 0) is 30.7 Å². The Bertz CT molecular complexity index is 1150. The minimum absolute atomic E-state index is 0.0677. The van der Waals surface area contributed by atoms with Crippen molar-refractivity contribution in [1.29, 1.82) is 0 Å². The number of hydrogen-bond donors (Lipinski definition) is 1. The molecule has 1 spiro atoms. The second kappa shape index (κ2) is 6.40. The van der Waals surface area contributed by atoms with Gasteiger partial charge >= 0.3 is 6.03 Å². The zero-order valence-electron chi connectivity index (χ0n) is 16.1. The molecule has 1 unspecified atom stereocenters. The summed E-state index contributed by atoms with van der Waals surface area (Å²) < 4.78 is 15.5. The molecule has 0 radical (unpaired) electrons. The molecule has 1 aliphatic heterocycles. The van der Waals surface area contributed by atoms with Crippen LogP contribution in [-0.4, -0.2) is 31.9 Å². The lowest BCUT2D eigenvalue weighted by molar-refractivity contribution is -0.132. The van der Waals surface area contributed by atoms with Crippen LogP contribution >= 0.6 is 0 Å². The number of carbonyl (C=O) groups is 2. The molecular weight excluding hydrogens is 371 g/mol. The molecular formula is C22H21FN4O2. The normalized spacial score (nSPS) is 21.1. The molecule has 0 saturated carbocycles. The molecule has 29 heavy (non-hydrogen) atoms. The summed E-state index contributed by atoms with van der Waals surface area (Å²) in [7, 11) is 0. The van der Waals surface area contributed by atoms with Gasteiger partial charge in [0.15, 0.2) is 0 Å². The number of aromatic nitrogens is 2. The molecule has 1 saturated heterocycles. The molecule has 6 nitrogen and oxygen atoms in total. The van der Waals surface area contributed by atoms with Crippen molar-refractivity contribution in [2.24, 2.45) is 0 Å². The number of fused-ring (bicyclic) bond motifs is 2. The number of hydrogen-bond acceptors (Lipinski definition) is 3. The Morgan fingerprint density at radius 1 is 1.17 bits per heavy atom. The van der Waals surface area contributed by atoms with E-state index in [0.717, 1.165) is 17.5 Å². The zero-order chi connectivity index (χ0) is 20.2. The van der Waals surface area contributed by atoms with Crippen LogP contribution in [0.15, 0.2) is 42.5 Å². The van der Waals surface area contributed by atoms with Gasteiger partial charge in [-0.05, 0) is 43.0 Å². The number of halogens is 1. The van der Waals surface area contributed by atoms with Gasteiger partial charge in [0.25, 0.3) is 5.91 Å². The summed E-state index contributed by atoms with van der Waals surface area (Å²) in [6.45, 7) is 2.64. The molecule has 1 fully saturated rings. The number of benzene rings is 2. The Labute approximate surface area is 167 Å². The minimum Gasteiger partial charge on any atom is -0.327 e. The number of aryl methyl sites for hydroxylation is 2. The Morgan fingerprint density at radius 2 is 1.97 bits per heavy atom. The first kappa shape index (κ1) is 17.8. The van der Waals surface area contributed by atoms with Crippen LogP contribution in [0.2, 0.25) is 0 Å². The summed E-state index contributed by atoms with van der Waals surface area (Å²) in [5, 5.41) is 2.95. The number of rotatable bonds is 3. The van der Waals surface area contributed by atoms with Crippen LogP contribution in [0.25, 0.3) is 11.0 Å². The van der Waals surface area contributed by atoms with E-state index >= 15 is 0 Å².